The SMILES string of the molecule is CC.CC.CC.CS(=O)(=O)c1ccccc1[N+](=O)[O-]. The maximum atomic E-state index is 11.1. The summed E-state index contributed by atoms with van der Waals surface area (Å²) in [6, 6.07) is 5.25. The molecule has 0 saturated heterocycles. The Morgan fingerprint density at radius 2 is 1.32 bits per heavy atom. The van der Waals surface area contributed by atoms with E-state index < -0.39 is 14.8 Å². The largest absolute Gasteiger partial charge is 0.287 e. The van der Waals surface area contributed by atoms with Gasteiger partial charge < -0.3 is 0 Å². The van der Waals surface area contributed by atoms with Crippen LogP contribution in [0.3, 0.4) is 0 Å². The van der Waals surface area contributed by atoms with Crippen LogP contribution in [0, 0.1) is 10.1 Å². The molecule has 5 nitrogen and oxygen atoms in total. The fraction of sp³-hybridized carbons (Fsp3) is 0.538. The monoisotopic (exact) mass is 291 g/mol. The number of hydrogen-bond donors (Lipinski definition) is 0. The Kier molecular flexibility index (Phi) is 15.6. The van der Waals surface area contributed by atoms with E-state index in [1.54, 1.807) is 0 Å². The maximum absolute atomic E-state index is 11.1. The van der Waals surface area contributed by atoms with Crippen molar-refractivity contribution in [2.24, 2.45) is 0 Å². The summed E-state index contributed by atoms with van der Waals surface area (Å²) < 4.78 is 22.1. The second kappa shape index (κ2) is 13.0. The Labute approximate surface area is 116 Å². The summed E-state index contributed by atoms with van der Waals surface area (Å²) in [7, 11) is -3.52. The van der Waals surface area contributed by atoms with Gasteiger partial charge in [-0.3, -0.25) is 10.1 Å². The van der Waals surface area contributed by atoms with Gasteiger partial charge in [-0.1, -0.05) is 53.7 Å². The van der Waals surface area contributed by atoms with E-state index in [1.807, 2.05) is 41.5 Å². The minimum atomic E-state index is -3.52. The molecule has 6 heteroatoms. The van der Waals surface area contributed by atoms with E-state index in [2.05, 4.69) is 0 Å². The lowest BCUT2D eigenvalue weighted by Gasteiger charge is -1.98. The van der Waals surface area contributed by atoms with Crippen LogP contribution in [0.1, 0.15) is 41.5 Å². The lowest BCUT2D eigenvalue weighted by atomic mass is 10.3. The zero-order valence-corrected chi connectivity index (χ0v) is 13.6. The standard InChI is InChI=1S/C7H7NO4S.3C2H6/c1-13(11,12)7-5-3-2-4-6(7)8(9)10;3*1-2/h2-5H,1H3;3*1-2H3. The molecule has 0 amide bonds. The Hall–Kier alpha value is -1.43. The lowest BCUT2D eigenvalue weighted by Crippen LogP contribution is -2.01. The van der Waals surface area contributed by atoms with Crippen LogP contribution in [0.25, 0.3) is 0 Å². The highest BCUT2D eigenvalue weighted by Gasteiger charge is 2.20. The quantitative estimate of drug-likeness (QED) is 0.607. The normalized spacial score (nSPS) is 8.58. The molecule has 0 aliphatic heterocycles. The predicted octanol–water partition coefficient (Wildman–Crippen LogP) is 4.08. The molecular weight excluding hydrogens is 266 g/mol. The van der Waals surface area contributed by atoms with E-state index in [9.17, 15) is 18.5 Å². The minimum Gasteiger partial charge on any atom is -0.258 e. The summed E-state index contributed by atoms with van der Waals surface area (Å²) in [5, 5.41) is 10.4. The van der Waals surface area contributed by atoms with Crippen LogP contribution in [0.15, 0.2) is 29.2 Å². The van der Waals surface area contributed by atoms with Crippen LogP contribution in [-0.2, 0) is 9.84 Å². The van der Waals surface area contributed by atoms with Gasteiger partial charge in [-0.25, -0.2) is 8.42 Å². The van der Waals surface area contributed by atoms with E-state index in [4.69, 9.17) is 0 Å². The molecule has 0 heterocycles. The van der Waals surface area contributed by atoms with Crippen LogP contribution in [0.2, 0.25) is 0 Å². The Morgan fingerprint density at radius 1 is 0.947 bits per heavy atom. The zero-order valence-electron chi connectivity index (χ0n) is 12.8. The predicted molar refractivity (Wildman–Crippen MR) is 80.3 cm³/mol. The minimum absolute atomic E-state index is 0.250. The smallest absolute Gasteiger partial charge is 0.258 e. The second-order valence-corrected chi connectivity index (χ2v) is 4.48. The molecule has 112 valence electrons. The third kappa shape index (κ3) is 9.18. The van der Waals surface area contributed by atoms with Crippen molar-refractivity contribution in [1.29, 1.82) is 0 Å². The van der Waals surface area contributed by atoms with E-state index in [1.165, 1.54) is 18.2 Å². The molecule has 0 saturated carbocycles. The number of benzene rings is 1. The summed E-state index contributed by atoms with van der Waals surface area (Å²) in [6.45, 7) is 12.0. The van der Waals surface area contributed by atoms with Crippen LogP contribution >= 0.6 is 0 Å². The highest BCUT2D eigenvalue weighted by molar-refractivity contribution is 7.90. The molecule has 0 spiro atoms. The Bertz CT molecular complexity index is 442. The van der Waals surface area contributed by atoms with Crippen molar-refractivity contribution in [1.82, 2.24) is 0 Å². The van der Waals surface area contributed by atoms with Gasteiger partial charge in [0.1, 0.15) is 4.90 Å². The molecule has 1 rings (SSSR count). The Balaban J connectivity index is -0.000000375. The zero-order chi connectivity index (χ0) is 16.1. The van der Waals surface area contributed by atoms with E-state index >= 15 is 0 Å². The first kappa shape index (κ1) is 22.7. The van der Waals surface area contributed by atoms with Gasteiger partial charge in [0.15, 0.2) is 9.84 Å². The van der Waals surface area contributed by atoms with Crippen LogP contribution in [0.4, 0.5) is 5.69 Å². The van der Waals surface area contributed by atoms with Crippen molar-refractivity contribution in [2.45, 2.75) is 46.4 Å². The fourth-order valence-corrected chi connectivity index (χ4v) is 1.77. The topological polar surface area (TPSA) is 77.3 Å². The van der Waals surface area contributed by atoms with E-state index in [0.29, 0.717) is 0 Å². The molecule has 0 aromatic heterocycles. The molecule has 1 aromatic rings. The molecule has 0 atom stereocenters. The molecule has 0 aliphatic carbocycles. The molecule has 0 fully saturated rings. The van der Waals surface area contributed by atoms with Gasteiger partial charge in [-0.15, -0.1) is 0 Å². The third-order valence-corrected chi connectivity index (χ3v) is 2.61. The summed E-state index contributed by atoms with van der Waals surface area (Å²) in [5.41, 5.74) is -0.384. The summed E-state index contributed by atoms with van der Waals surface area (Å²) in [6.07, 6.45) is 0.940. The second-order valence-electron chi connectivity index (χ2n) is 2.50. The van der Waals surface area contributed by atoms with Gasteiger partial charge in [0.25, 0.3) is 5.69 Å². The number of nitrogens with zero attached hydrogens (tertiary/aromatic N) is 1. The Morgan fingerprint density at radius 3 is 1.58 bits per heavy atom. The van der Waals surface area contributed by atoms with Gasteiger partial charge in [0, 0.05) is 12.3 Å². The van der Waals surface area contributed by atoms with Gasteiger partial charge in [-0.2, -0.15) is 0 Å². The highest BCUT2D eigenvalue weighted by atomic mass is 32.2. The number of para-hydroxylation sites is 1. The number of nitro groups is 1. The lowest BCUT2D eigenvalue weighted by molar-refractivity contribution is -0.387. The van der Waals surface area contributed by atoms with Crippen molar-refractivity contribution >= 4 is 15.5 Å². The van der Waals surface area contributed by atoms with Crippen molar-refractivity contribution < 1.29 is 13.3 Å². The third-order valence-electron chi connectivity index (χ3n) is 1.46. The van der Waals surface area contributed by atoms with Gasteiger partial charge >= 0.3 is 0 Å². The summed E-state index contributed by atoms with van der Waals surface area (Å²) >= 11 is 0. The maximum Gasteiger partial charge on any atom is 0.287 e. The summed E-state index contributed by atoms with van der Waals surface area (Å²) in [4.78, 5) is 9.45. The molecule has 0 aliphatic rings. The first-order chi connectivity index (χ1) is 8.93. The molecule has 19 heavy (non-hydrogen) atoms. The van der Waals surface area contributed by atoms with Crippen LogP contribution in [0.5, 0.6) is 0 Å². The van der Waals surface area contributed by atoms with Crippen molar-refractivity contribution in [3.05, 3.63) is 34.4 Å². The van der Waals surface area contributed by atoms with E-state index in [0.717, 1.165) is 12.3 Å². The van der Waals surface area contributed by atoms with Gasteiger partial charge in [0.2, 0.25) is 0 Å². The molecule has 0 radical (unpaired) electrons. The van der Waals surface area contributed by atoms with Crippen molar-refractivity contribution in [3.8, 4) is 0 Å². The molecule has 0 bridgehead atoms. The van der Waals surface area contributed by atoms with Crippen molar-refractivity contribution in [3.63, 3.8) is 0 Å². The average Bonchev–Trinajstić information content (AvgIpc) is 2.44. The van der Waals surface area contributed by atoms with Crippen LogP contribution < -0.4 is 0 Å². The molecular formula is C13H25NO4S. The van der Waals surface area contributed by atoms with E-state index in [-0.39, 0.29) is 10.6 Å². The molecule has 0 N–H and O–H groups in total. The molecule has 1 aromatic carbocycles. The van der Waals surface area contributed by atoms with Gasteiger partial charge in [0.05, 0.1) is 4.92 Å². The number of sulfone groups is 1. The van der Waals surface area contributed by atoms with Gasteiger partial charge in [-0.05, 0) is 6.07 Å². The number of hydrogen-bond acceptors (Lipinski definition) is 4. The first-order valence-corrected chi connectivity index (χ1v) is 8.25. The first-order valence-electron chi connectivity index (χ1n) is 6.36. The number of rotatable bonds is 2. The highest BCUT2D eigenvalue weighted by Crippen LogP contribution is 2.22. The van der Waals surface area contributed by atoms with Crippen molar-refractivity contribution in [2.75, 3.05) is 6.26 Å². The summed E-state index contributed by atoms with van der Waals surface area (Å²) in [5.74, 6) is 0. The fourth-order valence-electron chi connectivity index (χ4n) is 0.922. The van der Waals surface area contributed by atoms with Crippen LogP contribution in [-0.4, -0.2) is 19.6 Å². The molecule has 0 unspecified atom stereocenters. The average molecular weight is 291 g/mol. The number of nitro benzene ring substituents is 1.